The van der Waals surface area contributed by atoms with Gasteiger partial charge in [0.2, 0.25) is 0 Å². The average molecular weight is 382 g/mol. The molecule has 0 saturated heterocycles. The predicted molar refractivity (Wildman–Crippen MR) is 107 cm³/mol. The lowest BCUT2D eigenvalue weighted by Gasteiger charge is -2.09. The predicted octanol–water partition coefficient (Wildman–Crippen LogP) is 3.67. The quantitative estimate of drug-likeness (QED) is 0.526. The highest BCUT2D eigenvalue weighted by Crippen LogP contribution is 2.31. The van der Waals surface area contributed by atoms with Crippen molar-refractivity contribution in [3.63, 3.8) is 0 Å². The van der Waals surface area contributed by atoms with Crippen molar-refractivity contribution < 1.29 is 28.9 Å². The lowest BCUT2D eigenvalue weighted by atomic mass is 10.1. The summed E-state index contributed by atoms with van der Waals surface area (Å²) < 4.78 is 15.5. The minimum Gasteiger partial charge on any atom is -0.504 e. The molecule has 2 aromatic rings. The van der Waals surface area contributed by atoms with E-state index >= 15 is 0 Å². The summed E-state index contributed by atoms with van der Waals surface area (Å²) in [6, 6.07) is 10.1. The molecule has 0 unspecified atom stereocenters. The van der Waals surface area contributed by atoms with Crippen molar-refractivity contribution in [1.82, 2.24) is 0 Å². The van der Waals surface area contributed by atoms with Crippen molar-refractivity contribution in [2.45, 2.75) is 6.42 Å². The Morgan fingerprint density at radius 2 is 1.57 bits per heavy atom. The van der Waals surface area contributed by atoms with E-state index in [9.17, 15) is 14.7 Å². The number of allylic oxidation sites excluding steroid dienone is 2. The van der Waals surface area contributed by atoms with Crippen LogP contribution in [-0.4, -0.2) is 38.0 Å². The van der Waals surface area contributed by atoms with Crippen LogP contribution >= 0.6 is 0 Å². The van der Waals surface area contributed by atoms with Crippen LogP contribution in [0.25, 0.3) is 12.2 Å². The van der Waals surface area contributed by atoms with Crippen molar-refractivity contribution in [2.75, 3.05) is 21.3 Å². The van der Waals surface area contributed by atoms with E-state index in [1.807, 2.05) is 0 Å². The lowest BCUT2D eigenvalue weighted by molar-refractivity contribution is -0.121. The van der Waals surface area contributed by atoms with Gasteiger partial charge in [-0.05, 0) is 42.0 Å². The first-order valence-corrected chi connectivity index (χ1v) is 8.48. The van der Waals surface area contributed by atoms with E-state index in [0.717, 1.165) is 0 Å². The molecule has 0 aromatic heterocycles. The molecule has 0 spiro atoms. The second-order valence-corrected chi connectivity index (χ2v) is 5.79. The fourth-order valence-electron chi connectivity index (χ4n) is 2.52. The third-order valence-electron chi connectivity index (χ3n) is 3.90. The fraction of sp³-hybridized carbons (Fsp3) is 0.182. The van der Waals surface area contributed by atoms with Gasteiger partial charge < -0.3 is 19.3 Å². The van der Waals surface area contributed by atoms with E-state index in [4.69, 9.17) is 14.2 Å². The number of methoxy groups -OCH3 is 3. The van der Waals surface area contributed by atoms with Crippen molar-refractivity contribution >= 4 is 23.7 Å². The minimum atomic E-state index is -0.345. The van der Waals surface area contributed by atoms with Crippen molar-refractivity contribution in [3.05, 3.63) is 59.7 Å². The summed E-state index contributed by atoms with van der Waals surface area (Å²) >= 11 is 0. The Labute approximate surface area is 163 Å². The third-order valence-corrected chi connectivity index (χ3v) is 3.90. The number of hydrogen-bond donors (Lipinski definition) is 1. The number of hydrogen-bond acceptors (Lipinski definition) is 6. The van der Waals surface area contributed by atoms with E-state index in [1.165, 1.54) is 45.6 Å². The van der Waals surface area contributed by atoms with Crippen LogP contribution in [0.15, 0.2) is 48.6 Å². The largest absolute Gasteiger partial charge is 0.504 e. The molecule has 0 radical (unpaired) electrons. The summed E-state index contributed by atoms with van der Waals surface area (Å²) in [5, 5.41) is 9.73. The Kier molecular flexibility index (Phi) is 7.39. The molecule has 28 heavy (non-hydrogen) atoms. The fourth-order valence-corrected chi connectivity index (χ4v) is 2.52. The standard InChI is InChI=1S/C22H22O6/c1-26-20-12-8-15(13-19(20)25)7-10-17(23)14-18(24)11-9-16-5-4-6-21(27-2)22(16)28-3/h4-13,25H,14H2,1-3H3/b10-7+,11-9+. The topological polar surface area (TPSA) is 82.1 Å². The van der Waals surface area contributed by atoms with Crippen LogP contribution in [0, 0.1) is 0 Å². The first-order valence-electron chi connectivity index (χ1n) is 8.48. The van der Waals surface area contributed by atoms with E-state index < -0.39 is 0 Å². The molecule has 2 aromatic carbocycles. The molecule has 0 aliphatic heterocycles. The molecule has 6 heteroatoms. The SMILES string of the molecule is COc1ccc(/C=C/C(=O)CC(=O)/C=C/c2cccc(OC)c2OC)cc1O. The summed E-state index contributed by atoms with van der Waals surface area (Å²) in [6.07, 6.45) is 5.49. The number of rotatable bonds is 9. The van der Waals surface area contributed by atoms with Gasteiger partial charge in [0.25, 0.3) is 0 Å². The van der Waals surface area contributed by atoms with Gasteiger partial charge in [0.15, 0.2) is 34.6 Å². The zero-order valence-electron chi connectivity index (χ0n) is 16.0. The molecule has 0 bridgehead atoms. The smallest absolute Gasteiger partial charge is 0.167 e. The molecule has 0 aliphatic rings. The number of phenolic OH excluding ortho intramolecular Hbond substituents is 1. The third kappa shape index (κ3) is 5.48. The Bertz CT molecular complexity index is 911. The summed E-state index contributed by atoms with van der Waals surface area (Å²) in [5.41, 5.74) is 1.29. The van der Waals surface area contributed by atoms with E-state index in [2.05, 4.69) is 0 Å². The summed E-state index contributed by atoms with van der Waals surface area (Å²) in [6.45, 7) is 0. The Balaban J connectivity index is 2.00. The number of carbonyl (C=O) groups excluding carboxylic acids is 2. The Morgan fingerprint density at radius 3 is 2.18 bits per heavy atom. The van der Waals surface area contributed by atoms with Crippen LogP contribution in [-0.2, 0) is 9.59 Å². The van der Waals surface area contributed by atoms with E-state index in [1.54, 1.807) is 36.4 Å². The second-order valence-electron chi connectivity index (χ2n) is 5.79. The van der Waals surface area contributed by atoms with Gasteiger partial charge in [-0.3, -0.25) is 9.59 Å². The van der Waals surface area contributed by atoms with Gasteiger partial charge in [-0.2, -0.15) is 0 Å². The Morgan fingerprint density at radius 1 is 0.893 bits per heavy atom. The van der Waals surface area contributed by atoms with Crippen LogP contribution < -0.4 is 14.2 Å². The summed E-state index contributed by atoms with van der Waals surface area (Å²) in [5.74, 6) is 0.707. The van der Waals surface area contributed by atoms with Crippen LogP contribution in [0.5, 0.6) is 23.0 Å². The van der Waals surface area contributed by atoms with Crippen molar-refractivity contribution in [2.24, 2.45) is 0 Å². The first-order chi connectivity index (χ1) is 13.5. The number of para-hydroxylation sites is 1. The van der Waals surface area contributed by atoms with E-state index in [-0.39, 0.29) is 23.7 Å². The van der Waals surface area contributed by atoms with Crippen molar-refractivity contribution in [3.8, 4) is 23.0 Å². The molecule has 0 atom stereocenters. The van der Waals surface area contributed by atoms with Gasteiger partial charge in [0.05, 0.1) is 27.8 Å². The number of aromatic hydroxyl groups is 1. The van der Waals surface area contributed by atoms with Gasteiger partial charge in [0, 0.05) is 5.56 Å². The molecule has 146 valence electrons. The molecule has 6 nitrogen and oxygen atoms in total. The van der Waals surface area contributed by atoms with Crippen molar-refractivity contribution in [1.29, 1.82) is 0 Å². The summed E-state index contributed by atoms with van der Waals surface area (Å²) in [7, 11) is 4.50. The van der Waals surface area contributed by atoms with Gasteiger partial charge in [-0.25, -0.2) is 0 Å². The molecule has 0 amide bonds. The highest BCUT2D eigenvalue weighted by atomic mass is 16.5. The monoisotopic (exact) mass is 382 g/mol. The molecule has 0 saturated carbocycles. The van der Waals surface area contributed by atoms with E-state index in [0.29, 0.717) is 28.4 Å². The summed E-state index contributed by atoms with van der Waals surface area (Å²) in [4.78, 5) is 24.1. The lowest BCUT2D eigenvalue weighted by Crippen LogP contribution is -2.02. The maximum absolute atomic E-state index is 12.1. The number of carbonyl (C=O) groups is 2. The maximum Gasteiger partial charge on any atom is 0.167 e. The molecule has 0 aliphatic carbocycles. The van der Waals surface area contributed by atoms with Crippen LogP contribution in [0.3, 0.4) is 0 Å². The second kappa shape index (κ2) is 9.97. The molecule has 2 rings (SSSR count). The highest BCUT2D eigenvalue weighted by molar-refractivity contribution is 6.11. The number of ether oxygens (including phenoxy) is 3. The Hall–Kier alpha value is -3.54. The van der Waals surface area contributed by atoms with Gasteiger partial charge in [-0.1, -0.05) is 24.3 Å². The molecule has 0 heterocycles. The maximum atomic E-state index is 12.1. The number of phenols is 1. The minimum absolute atomic E-state index is 0.0247. The number of benzene rings is 2. The molecular weight excluding hydrogens is 360 g/mol. The molecule has 1 N–H and O–H groups in total. The highest BCUT2D eigenvalue weighted by Gasteiger charge is 2.08. The first kappa shape index (κ1) is 20.8. The zero-order chi connectivity index (χ0) is 20.5. The van der Waals surface area contributed by atoms with Gasteiger partial charge in [-0.15, -0.1) is 0 Å². The normalized spacial score (nSPS) is 11.0. The van der Waals surface area contributed by atoms with Crippen LogP contribution in [0.1, 0.15) is 17.5 Å². The average Bonchev–Trinajstić information content (AvgIpc) is 2.70. The number of ketones is 2. The van der Waals surface area contributed by atoms with Crippen LogP contribution in [0.4, 0.5) is 0 Å². The zero-order valence-corrected chi connectivity index (χ0v) is 16.0. The van der Waals surface area contributed by atoms with Crippen LogP contribution in [0.2, 0.25) is 0 Å². The molecule has 0 fully saturated rings. The molecular formula is C22H22O6. The van der Waals surface area contributed by atoms with Gasteiger partial charge >= 0.3 is 0 Å². The van der Waals surface area contributed by atoms with Gasteiger partial charge in [0.1, 0.15) is 0 Å².